The van der Waals surface area contributed by atoms with Crippen LogP contribution < -0.4 is 10.2 Å². The first kappa shape index (κ1) is 12.7. The Labute approximate surface area is 103 Å². The summed E-state index contributed by atoms with van der Waals surface area (Å²) in [6.07, 6.45) is -5.26. The lowest BCUT2D eigenvalue weighted by atomic mass is 10.2. The van der Waals surface area contributed by atoms with Crippen LogP contribution in [0.3, 0.4) is 0 Å². The number of amides is 1. The van der Waals surface area contributed by atoms with E-state index in [1.807, 2.05) is 0 Å². The maximum atomic E-state index is 12.3. The van der Waals surface area contributed by atoms with E-state index in [-0.39, 0.29) is 0 Å². The Hall–Kier alpha value is -1.72. The Morgan fingerprint density at radius 2 is 2.06 bits per heavy atom. The molecule has 0 bridgehead atoms. The minimum Gasteiger partial charge on any atom is -0.383 e. The predicted molar refractivity (Wildman–Crippen MR) is 62.6 cm³/mol. The molecule has 0 atom stereocenters. The number of nitrogens with zero attached hydrogens (tertiary/aromatic N) is 1. The molecule has 0 saturated heterocycles. The Kier molecular flexibility index (Phi) is 3.45. The minimum atomic E-state index is -4.47. The molecule has 0 unspecified atom stereocenters. The van der Waals surface area contributed by atoms with Crippen molar-refractivity contribution in [3.63, 3.8) is 0 Å². The van der Waals surface area contributed by atoms with Gasteiger partial charge in [-0.25, -0.2) is 0 Å². The zero-order chi connectivity index (χ0) is 13.2. The van der Waals surface area contributed by atoms with Crippen LogP contribution in [0.1, 0.15) is 12.8 Å². The molecule has 18 heavy (non-hydrogen) atoms. The number of hydrogen-bond acceptors (Lipinski definition) is 2. The maximum Gasteiger partial charge on any atom is 0.397 e. The van der Waals surface area contributed by atoms with Gasteiger partial charge < -0.3 is 10.2 Å². The topological polar surface area (TPSA) is 32.3 Å². The number of halogens is 3. The lowest BCUT2D eigenvalue weighted by Crippen LogP contribution is -2.34. The molecule has 0 radical (unpaired) electrons. The molecule has 1 amide bonds. The number of para-hydroxylation sites is 2. The summed E-state index contributed by atoms with van der Waals surface area (Å²) in [5.41, 5.74) is 1.22. The lowest BCUT2D eigenvalue weighted by Gasteiger charge is -2.22. The molecule has 1 aliphatic heterocycles. The summed E-state index contributed by atoms with van der Waals surface area (Å²) in [5.74, 6) is -0.904. The number of nitrogens with one attached hydrogen (secondary N) is 1. The van der Waals surface area contributed by atoms with E-state index in [0.29, 0.717) is 30.9 Å². The van der Waals surface area contributed by atoms with E-state index in [0.717, 1.165) is 0 Å². The van der Waals surface area contributed by atoms with Crippen LogP contribution in [0, 0.1) is 0 Å². The van der Waals surface area contributed by atoms with Gasteiger partial charge in [0, 0.05) is 13.1 Å². The van der Waals surface area contributed by atoms with Gasteiger partial charge in [-0.15, -0.1) is 0 Å². The first-order valence-corrected chi connectivity index (χ1v) is 5.67. The lowest BCUT2D eigenvalue weighted by molar-refractivity contribution is -0.151. The van der Waals surface area contributed by atoms with Gasteiger partial charge >= 0.3 is 6.18 Å². The first-order chi connectivity index (χ1) is 8.47. The Balaban J connectivity index is 2.25. The molecular weight excluding hydrogens is 245 g/mol. The minimum absolute atomic E-state index is 0.304. The number of anilines is 2. The van der Waals surface area contributed by atoms with Gasteiger partial charge in [0.25, 0.3) is 0 Å². The summed E-state index contributed by atoms with van der Waals surface area (Å²) in [4.78, 5) is 12.9. The van der Waals surface area contributed by atoms with Crippen molar-refractivity contribution in [3.8, 4) is 0 Å². The zero-order valence-electron chi connectivity index (χ0n) is 9.63. The highest BCUT2D eigenvalue weighted by molar-refractivity contribution is 5.97. The smallest absolute Gasteiger partial charge is 0.383 e. The average Bonchev–Trinajstić information content (AvgIpc) is 2.48. The van der Waals surface area contributed by atoms with Gasteiger partial charge in [-0.2, -0.15) is 13.2 Å². The van der Waals surface area contributed by atoms with Crippen molar-refractivity contribution in [1.82, 2.24) is 0 Å². The van der Waals surface area contributed by atoms with Crippen molar-refractivity contribution >= 4 is 17.3 Å². The van der Waals surface area contributed by atoms with Crippen LogP contribution in [-0.4, -0.2) is 25.2 Å². The molecular formula is C12H13F3N2O. The Bertz CT molecular complexity index is 445. The molecule has 3 nitrogen and oxygen atoms in total. The van der Waals surface area contributed by atoms with Gasteiger partial charge in [-0.1, -0.05) is 12.1 Å². The highest BCUT2D eigenvalue weighted by Crippen LogP contribution is 2.30. The summed E-state index contributed by atoms with van der Waals surface area (Å²) < 4.78 is 36.8. The van der Waals surface area contributed by atoms with Gasteiger partial charge in [-0.3, -0.25) is 4.79 Å². The molecule has 1 aliphatic rings. The van der Waals surface area contributed by atoms with Crippen LogP contribution in [0.5, 0.6) is 0 Å². The van der Waals surface area contributed by atoms with Crippen molar-refractivity contribution in [2.24, 2.45) is 0 Å². The standard InChI is InChI=1S/C12H13F3N2O/c13-12(14,15)8-11(18)17-7-3-6-16-9-4-1-2-5-10(9)17/h1-2,4-5,16H,3,6-8H2. The Morgan fingerprint density at radius 3 is 2.78 bits per heavy atom. The van der Waals surface area contributed by atoms with Gasteiger partial charge in [0.2, 0.25) is 5.91 Å². The number of alkyl halides is 3. The van der Waals surface area contributed by atoms with Crippen LogP contribution in [0.2, 0.25) is 0 Å². The summed E-state index contributed by atoms with van der Waals surface area (Å²) >= 11 is 0. The average molecular weight is 258 g/mol. The molecule has 0 saturated carbocycles. The highest BCUT2D eigenvalue weighted by Gasteiger charge is 2.34. The highest BCUT2D eigenvalue weighted by atomic mass is 19.4. The molecule has 0 aliphatic carbocycles. The SMILES string of the molecule is O=C(CC(F)(F)F)N1CCCNc2ccccc21. The van der Waals surface area contributed by atoms with Gasteiger partial charge in [-0.05, 0) is 18.6 Å². The van der Waals surface area contributed by atoms with Crippen molar-refractivity contribution < 1.29 is 18.0 Å². The maximum absolute atomic E-state index is 12.3. The number of fused-ring (bicyclic) bond motifs is 1. The molecule has 1 aromatic rings. The summed E-state index contributed by atoms with van der Waals surface area (Å²) in [6.45, 7) is 0.950. The van der Waals surface area contributed by atoms with Gasteiger partial charge in [0.1, 0.15) is 6.42 Å². The molecule has 1 heterocycles. The number of benzene rings is 1. The second kappa shape index (κ2) is 4.88. The monoisotopic (exact) mass is 258 g/mol. The molecule has 2 rings (SSSR count). The van der Waals surface area contributed by atoms with E-state index in [1.54, 1.807) is 24.3 Å². The first-order valence-electron chi connectivity index (χ1n) is 5.67. The van der Waals surface area contributed by atoms with Crippen molar-refractivity contribution in [2.75, 3.05) is 23.3 Å². The fourth-order valence-corrected chi connectivity index (χ4v) is 1.97. The van der Waals surface area contributed by atoms with Crippen LogP contribution in [0.25, 0.3) is 0 Å². The number of hydrogen-bond donors (Lipinski definition) is 1. The van der Waals surface area contributed by atoms with Gasteiger partial charge in [0.05, 0.1) is 11.4 Å². The summed E-state index contributed by atoms with van der Waals surface area (Å²) in [6, 6.07) is 6.90. The molecule has 0 fully saturated rings. The number of rotatable bonds is 1. The second-order valence-corrected chi connectivity index (χ2v) is 4.13. The molecule has 0 spiro atoms. The molecule has 98 valence electrons. The molecule has 1 aromatic carbocycles. The molecule has 1 N–H and O–H groups in total. The van der Waals surface area contributed by atoms with Crippen molar-refractivity contribution in [3.05, 3.63) is 24.3 Å². The molecule has 6 heteroatoms. The van der Waals surface area contributed by atoms with E-state index < -0.39 is 18.5 Å². The van der Waals surface area contributed by atoms with E-state index >= 15 is 0 Å². The summed E-state index contributed by atoms with van der Waals surface area (Å²) in [7, 11) is 0. The number of carbonyl (C=O) groups excluding carboxylic acids is 1. The van der Waals surface area contributed by atoms with Crippen molar-refractivity contribution in [2.45, 2.75) is 19.0 Å². The van der Waals surface area contributed by atoms with E-state index in [9.17, 15) is 18.0 Å². The molecule has 0 aromatic heterocycles. The van der Waals surface area contributed by atoms with Gasteiger partial charge in [0.15, 0.2) is 0 Å². The third-order valence-corrected chi connectivity index (χ3v) is 2.72. The van der Waals surface area contributed by atoms with Crippen LogP contribution in [0.4, 0.5) is 24.5 Å². The normalized spacial score (nSPS) is 15.6. The van der Waals surface area contributed by atoms with Crippen LogP contribution in [0.15, 0.2) is 24.3 Å². The fourth-order valence-electron chi connectivity index (χ4n) is 1.97. The van der Waals surface area contributed by atoms with Crippen LogP contribution >= 0.6 is 0 Å². The van der Waals surface area contributed by atoms with E-state index in [4.69, 9.17) is 0 Å². The van der Waals surface area contributed by atoms with Crippen molar-refractivity contribution in [1.29, 1.82) is 0 Å². The largest absolute Gasteiger partial charge is 0.397 e. The summed E-state index contributed by atoms with van der Waals surface area (Å²) in [5, 5.41) is 3.10. The van der Waals surface area contributed by atoms with E-state index in [1.165, 1.54) is 4.90 Å². The quantitative estimate of drug-likeness (QED) is 0.840. The third-order valence-electron chi connectivity index (χ3n) is 2.72. The predicted octanol–water partition coefficient (Wildman–Crippen LogP) is 2.79. The third kappa shape index (κ3) is 2.94. The Morgan fingerprint density at radius 1 is 1.33 bits per heavy atom. The zero-order valence-corrected chi connectivity index (χ0v) is 9.63. The van der Waals surface area contributed by atoms with E-state index in [2.05, 4.69) is 5.32 Å². The number of carbonyl (C=O) groups is 1. The second-order valence-electron chi connectivity index (χ2n) is 4.13. The fraction of sp³-hybridized carbons (Fsp3) is 0.417. The van der Waals surface area contributed by atoms with Crippen LogP contribution in [-0.2, 0) is 4.79 Å².